The van der Waals surface area contributed by atoms with E-state index in [1.807, 2.05) is 18.2 Å². The molecule has 158 valence electrons. The lowest BCUT2D eigenvalue weighted by molar-refractivity contribution is -0.152. The fourth-order valence-electron chi connectivity index (χ4n) is 6.95. The summed E-state index contributed by atoms with van der Waals surface area (Å²) in [5.41, 5.74) is 4.56. The molecule has 2 N–H and O–H groups in total. The zero-order valence-electron chi connectivity index (χ0n) is 17.7. The van der Waals surface area contributed by atoms with Crippen LogP contribution in [0.5, 0.6) is 5.75 Å². The van der Waals surface area contributed by atoms with Crippen LogP contribution < -0.4 is 0 Å². The number of nitrogens with zero attached hydrogens (tertiary/aromatic N) is 2. The molecule has 2 fully saturated rings. The number of hydrogen-bond donors (Lipinski definition) is 2. The summed E-state index contributed by atoms with van der Waals surface area (Å²) in [5.74, 6) is 1.10. The molecule has 4 heteroatoms. The van der Waals surface area contributed by atoms with E-state index < -0.39 is 5.60 Å². The van der Waals surface area contributed by atoms with Crippen molar-refractivity contribution in [3.05, 3.63) is 70.9 Å². The smallest absolute Gasteiger partial charge is 0.115 e. The van der Waals surface area contributed by atoms with Gasteiger partial charge in [-0.15, -0.1) is 0 Å². The van der Waals surface area contributed by atoms with Gasteiger partial charge in [-0.25, -0.2) is 0 Å². The Bertz CT molecular complexity index is 1220. The fraction of sp³-hybridized carbons (Fsp3) is 0.444. The van der Waals surface area contributed by atoms with Crippen LogP contribution in [0.15, 0.2) is 48.5 Å². The average molecular weight is 413 g/mol. The molecule has 4 aliphatic rings. The number of pyridine rings is 1. The van der Waals surface area contributed by atoms with Crippen molar-refractivity contribution in [3.63, 3.8) is 0 Å². The van der Waals surface area contributed by atoms with Crippen molar-refractivity contribution in [3.8, 4) is 5.75 Å². The Kier molecular flexibility index (Phi) is 3.57. The van der Waals surface area contributed by atoms with Gasteiger partial charge in [0.25, 0.3) is 0 Å². The summed E-state index contributed by atoms with van der Waals surface area (Å²) >= 11 is 0. The van der Waals surface area contributed by atoms with Gasteiger partial charge in [0.15, 0.2) is 0 Å². The van der Waals surface area contributed by atoms with Gasteiger partial charge >= 0.3 is 0 Å². The van der Waals surface area contributed by atoms with Crippen molar-refractivity contribution >= 4 is 10.9 Å². The standard InChI is InChI=1S/C27H28N2O2/c30-21-8-7-18-12-25-27(31)14-20-11-19-3-1-2-4-23(19)28-24(20)15-26(27,22(18)13-21)9-10-29(25)16-17-5-6-17/h1-4,7-8,11,13,17,25,30-31H,5-6,9-10,12,14-16H2/t25-,26+,27+/m0/s1. The minimum absolute atomic E-state index is 0.124. The van der Waals surface area contributed by atoms with E-state index in [4.69, 9.17) is 4.98 Å². The van der Waals surface area contributed by atoms with E-state index in [0.29, 0.717) is 12.2 Å². The molecule has 2 aromatic carbocycles. The van der Waals surface area contributed by atoms with E-state index in [0.717, 1.165) is 60.4 Å². The number of aromatic nitrogens is 1. The number of aliphatic hydroxyl groups is 1. The van der Waals surface area contributed by atoms with Crippen molar-refractivity contribution in [2.75, 3.05) is 13.1 Å². The van der Waals surface area contributed by atoms with Crippen molar-refractivity contribution in [2.24, 2.45) is 5.92 Å². The lowest BCUT2D eigenvalue weighted by Gasteiger charge is -2.63. The molecular formula is C27H28N2O2. The molecule has 2 heterocycles. The van der Waals surface area contributed by atoms with Crippen LogP contribution in [0, 0.1) is 5.92 Å². The highest BCUT2D eigenvalue weighted by molar-refractivity contribution is 5.79. The van der Waals surface area contributed by atoms with Crippen molar-refractivity contribution < 1.29 is 10.2 Å². The zero-order valence-corrected chi connectivity index (χ0v) is 17.7. The molecule has 7 rings (SSSR count). The number of para-hydroxylation sites is 1. The first-order valence-corrected chi connectivity index (χ1v) is 11.7. The molecule has 3 aromatic rings. The Hall–Kier alpha value is -2.43. The van der Waals surface area contributed by atoms with Crippen LogP contribution in [0.4, 0.5) is 0 Å². The summed E-state index contributed by atoms with van der Waals surface area (Å²) in [6.07, 6.45) is 5.81. The molecule has 0 spiro atoms. The van der Waals surface area contributed by atoms with Gasteiger partial charge in [-0.3, -0.25) is 9.88 Å². The second kappa shape index (κ2) is 6.08. The lowest BCUT2D eigenvalue weighted by atomic mass is 9.49. The summed E-state index contributed by atoms with van der Waals surface area (Å²) < 4.78 is 0. The highest BCUT2D eigenvalue weighted by atomic mass is 16.3. The third kappa shape index (κ3) is 2.46. The summed E-state index contributed by atoms with van der Waals surface area (Å²) in [6.45, 7) is 2.13. The highest BCUT2D eigenvalue weighted by Gasteiger charge is 2.64. The average Bonchev–Trinajstić information content (AvgIpc) is 3.57. The van der Waals surface area contributed by atoms with E-state index in [9.17, 15) is 10.2 Å². The molecule has 1 saturated carbocycles. The number of hydrogen-bond acceptors (Lipinski definition) is 4. The van der Waals surface area contributed by atoms with Gasteiger partial charge in [0.1, 0.15) is 5.75 Å². The monoisotopic (exact) mass is 412 g/mol. The van der Waals surface area contributed by atoms with Gasteiger partial charge in [0.05, 0.1) is 11.1 Å². The van der Waals surface area contributed by atoms with Crippen LogP contribution >= 0.6 is 0 Å². The van der Waals surface area contributed by atoms with Gasteiger partial charge in [-0.05, 0) is 79.1 Å². The van der Waals surface area contributed by atoms with E-state index in [1.165, 1.54) is 24.0 Å². The third-order valence-electron chi connectivity index (χ3n) is 8.68. The molecule has 31 heavy (non-hydrogen) atoms. The molecule has 2 bridgehead atoms. The summed E-state index contributed by atoms with van der Waals surface area (Å²) in [7, 11) is 0. The van der Waals surface area contributed by atoms with Crippen LogP contribution in [0.2, 0.25) is 0 Å². The maximum Gasteiger partial charge on any atom is 0.115 e. The van der Waals surface area contributed by atoms with Crippen molar-refractivity contribution in [1.82, 2.24) is 9.88 Å². The molecule has 0 radical (unpaired) electrons. The first-order valence-electron chi connectivity index (χ1n) is 11.7. The number of phenolic OH excluding ortho intramolecular Hbond substituents is 1. The van der Waals surface area contributed by atoms with Crippen LogP contribution in [0.1, 0.15) is 41.6 Å². The Labute approximate surface area is 182 Å². The Morgan fingerprint density at radius 1 is 1.03 bits per heavy atom. The van der Waals surface area contributed by atoms with E-state index in [2.05, 4.69) is 35.2 Å². The van der Waals surface area contributed by atoms with Crippen molar-refractivity contribution in [2.45, 2.75) is 55.6 Å². The Morgan fingerprint density at radius 2 is 1.90 bits per heavy atom. The number of fused-ring (bicyclic) bond motifs is 3. The topological polar surface area (TPSA) is 56.6 Å². The quantitative estimate of drug-likeness (QED) is 0.673. The molecular weight excluding hydrogens is 384 g/mol. The minimum atomic E-state index is -0.835. The van der Waals surface area contributed by atoms with E-state index in [-0.39, 0.29) is 11.5 Å². The van der Waals surface area contributed by atoms with Crippen LogP contribution in [0.25, 0.3) is 10.9 Å². The third-order valence-corrected chi connectivity index (χ3v) is 8.68. The van der Waals surface area contributed by atoms with Crippen molar-refractivity contribution in [1.29, 1.82) is 0 Å². The summed E-state index contributed by atoms with van der Waals surface area (Å²) in [6, 6.07) is 16.5. The molecule has 1 aliphatic heterocycles. The largest absolute Gasteiger partial charge is 0.508 e. The second-order valence-corrected chi connectivity index (χ2v) is 10.4. The predicted octanol–water partition coefficient (Wildman–Crippen LogP) is 3.75. The van der Waals surface area contributed by atoms with Crippen LogP contribution in [-0.2, 0) is 24.7 Å². The molecule has 1 aromatic heterocycles. The number of aromatic hydroxyl groups is 1. The Balaban J connectivity index is 1.44. The van der Waals surface area contributed by atoms with E-state index in [1.54, 1.807) is 0 Å². The number of benzene rings is 2. The first kappa shape index (κ1) is 18.2. The summed E-state index contributed by atoms with van der Waals surface area (Å²) in [4.78, 5) is 7.65. The second-order valence-electron chi connectivity index (χ2n) is 10.4. The number of phenols is 1. The first-order chi connectivity index (χ1) is 15.1. The Morgan fingerprint density at radius 3 is 2.77 bits per heavy atom. The van der Waals surface area contributed by atoms with Crippen LogP contribution in [-0.4, -0.2) is 44.8 Å². The molecule has 3 aliphatic carbocycles. The number of rotatable bonds is 2. The van der Waals surface area contributed by atoms with Gasteiger partial charge in [-0.2, -0.15) is 0 Å². The maximum atomic E-state index is 12.6. The van der Waals surface area contributed by atoms with Crippen LogP contribution in [0.3, 0.4) is 0 Å². The molecule has 0 unspecified atom stereocenters. The SMILES string of the molecule is Oc1ccc2c(c1)[C@]13CCN(CC4CC4)[C@@H](C2)[C@]1(O)Cc1cc2ccccc2nc1C3. The van der Waals surface area contributed by atoms with Gasteiger partial charge in [-0.1, -0.05) is 24.3 Å². The van der Waals surface area contributed by atoms with Gasteiger partial charge in [0, 0.05) is 41.9 Å². The number of piperidine rings is 1. The molecule has 1 saturated heterocycles. The number of likely N-dealkylation sites (tertiary alicyclic amines) is 1. The normalized spacial score (nSPS) is 31.7. The highest BCUT2D eigenvalue weighted by Crippen LogP contribution is 2.57. The maximum absolute atomic E-state index is 12.6. The summed E-state index contributed by atoms with van der Waals surface area (Å²) in [5, 5.41) is 24.1. The predicted molar refractivity (Wildman–Crippen MR) is 120 cm³/mol. The molecule has 3 atom stereocenters. The fourth-order valence-corrected chi connectivity index (χ4v) is 6.95. The van der Waals surface area contributed by atoms with Gasteiger partial charge in [0.2, 0.25) is 0 Å². The zero-order chi connectivity index (χ0) is 20.8. The van der Waals surface area contributed by atoms with Gasteiger partial charge < -0.3 is 10.2 Å². The minimum Gasteiger partial charge on any atom is -0.508 e. The lowest BCUT2D eigenvalue weighted by Crippen LogP contribution is -2.74. The molecule has 0 amide bonds. The van der Waals surface area contributed by atoms with E-state index >= 15 is 0 Å². The molecule has 4 nitrogen and oxygen atoms in total.